The summed E-state index contributed by atoms with van der Waals surface area (Å²) >= 11 is 0. The standard InChI is InChI=1S/C21H26N2O6/c1-12(2)29-21(25)19-14(4)22-13(3)18(17(24)10-11-28-5)20(19)15-8-6-7-9-16(15)23(26)27/h6-9,12,20,22H,10-11H2,1-5H3. The summed E-state index contributed by atoms with van der Waals surface area (Å²) in [6.45, 7) is 7.05. The van der Waals surface area contributed by atoms with E-state index in [2.05, 4.69) is 5.32 Å². The molecule has 0 saturated carbocycles. The van der Waals surface area contributed by atoms with Crippen molar-refractivity contribution in [2.75, 3.05) is 13.7 Å². The Morgan fingerprint density at radius 2 is 1.79 bits per heavy atom. The molecule has 0 aromatic heterocycles. The molecule has 1 aliphatic rings. The van der Waals surface area contributed by atoms with Crippen LogP contribution in [0.25, 0.3) is 0 Å². The number of allylic oxidation sites excluding steroid dienone is 3. The Hall–Kier alpha value is -3.00. The molecule has 0 spiro atoms. The minimum absolute atomic E-state index is 0.0908. The van der Waals surface area contributed by atoms with Crippen LogP contribution in [0.15, 0.2) is 46.8 Å². The number of esters is 1. The number of nitrogens with zero attached hydrogens (tertiary/aromatic N) is 1. The number of benzene rings is 1. The lowest BCUT2D eigenvalue weighted by Gasteiger charge is -2.31. The Balaban J connectivity index is 2.71. The van der Waals surface area contributed by atoms with Crippen molar-refractivity contribution in [2.24, 2.45) is 0 Å². The highest BCUT2D eigenvalue weighted by atomic mass is 16.6. The van der Waals surface area contributed by atoms with E-state index >= 15 is 0 Å². The Morgan fingerprint density at radius 3 is 2.38 bits per heavy atom. The van der Waals surface area contributed by atoms with Gasteiger partial charge in [-0.15, -0.1) is 0 Å². The minimum Gasteiger partial charge on any atom is -0.460 e. The topological polar surface area (TPSA) is 108 Å². The van der Waals surface area contributed by atoms with Gasteiger partial charge in [-0.2, -0.15) is 0 Å². The number of para-hydroxylation sites is 1. The van der Waals surface area contributed by atoms with Crippen LogP contribution in [0.3, 0.4) is 0 Å². The van der Waals surface area contributed by atoms with Crippen LogP contribution >= 0.6 is 0 Å². The Labute approximate surface area is 169 Å². The van der Waals surface area contributed by atoms with Crippen LogP contribution in [0.5, 0.6) is 0 Å². The number of Topliss-reactive ketones (excluding diaryl/α,β-unsaturated/α-hetero) is 1. The zero-order valence-electron chi connectivity index (χ0n) is 17.3. The van der Waals surface area contributed by atoms with Crippen molar-refractivity contribution in [3.05, 3.63) is 62.5 Å². The van der Waals surface area contributed by atoms with Gasteiger partial charge in [0.15, 0.2) is 5.78 Å². The van der Waals surface area contributed by atoms with Crippen molar-refractivity contribution in [2.45, 2.75) is 46.1 Å². The highest BCUT2D eigenvalue weighted by molar-refractivity contribution is 6.03. The van der Waals surface area contributed by atoms with E-state index in [0.717, 1.165) is 0 Å². The van der Waals surface area contributed by atoms with E-state index < -0.39 is 16.8 Å². The highest BCUT2D eigenvalue weighted by Crippen LogP contribution is 2.42. The van der Waals surface area contributed by atoms with E-state index in [1.165, 1.54) is 13.2 Å². The van der Waals surface area contributed by atoms with E-state index in [0.29, 0.717) is 17.0 Å². The second-order valence-electron chi connectivity index (χ2n) is 7.07. The average Bonchev–Trinajstić information content (AvgIpc) is 2.64. The van der Waals surface area contributed by atoms with E-state index in [-0.39, 0.29) is 41.7 Å². The normalized spacial score (nSPS) is 16.7. The molecule has 1 aromatic rings. The van der Waals surface area contributed by atoms with Crippen LogP contribution in [0, 0.1) is 10.1 Å². The molecule has 1 aromatic carbocycles. The lowest BCUT2D eigenvalue weighted by Crippen LogP contribution is -2.33. The number of carbonyl (C=O) groups is 2. The van der Waals surface area contributed by atoms with Gasteiger partial charge in [-0.1, -0.05) is 18.2 Å². The van der Waals surface area contributed by atoms with Crippen LogP contribution in [-0.4, -0.2) is 36.5 Å². The smallest absolute Gasteiger partial charge is 0.337 e. The van der Waals surface area contributed by atoms with Crippen molar-refractivity contribution in [1.82, 2.24) is 5.32 Å². The monoisotopic (exact) mass is 402 g/mol. The molecule has 1 atom stereocenters. The third kappa shape index (κ3) is 4.89. The number of nitrogens with one attached hydrogen (secondary N) is 1. The van der Waals surface area contributed by atoms with Crippen molar-refractivity contribution < 1.29 is 24.0 Å². The fraction of sp³-hybridized carbons (Fsp3) is 0.429. The largest absolute Gasteiger partial charge is 0.460 e. The number of hydrogen-bond donors (Lipinski definition) is 1. The Bertz CT molecular complexity index is 885. The molecule has 8 nitrogen and oxygen atoms in total. The molecule has 0 fully saturated rings. The molecule has 1 heterocycles. The number of ether oxygens (including phenoxy) is 2. The van der Waals surface area contributed by atoms with Gasteiger partial charge >= 0.3 is 5.97 Å². The quantitative estimate of drug-likeness (QED) is 0.403. The molecule has 0 aliphatic carbocycles. The summed E-state index contributed by atoms with van der Waals surface area (Å²) < 4.78 is 10.4. The van der Waals surface area contributed by atoms with Gasteiger partial charge in [-0.05, 0) is 27.7 Å². The molecule has 8 heteroatoms. The van der Waals surface area contributed by atoms with Crippen LogP contribution in [-0.2, 0) is 19.1 Å². The predicted octanol–water partition coefficient (Wildman–Crippen LogP) is 3.39. The molecule has 0 bridgehead atoms. The van der Waals surface area contributed by atoms with Gasteiger partial charge in [0.05, 0.1) is 29.1 Å². The first-order chi connectivity index (χ1) is 13.7. The van der Waals surface area contributed by atoms with Crippen molar-refractivity contribution >= 4 is 17.4 Å². The predicted molar refractivity (Wildman–Crippen MR) is 107 cm³/mol. The fourth-order valence-electron chi connectivity index (χ4n) is 3.45. The SMILES string of the molecule is COCCC(=O)C1=C(C)NC(C)=C(C(=O)OC(C)C)C1c1ccccc1[N+](=O)[O-]. The zero-order chi connectivity index (χ0) is 21.7. The number of nitro benzene ring substituents is 1. The number of methoxy groups -OCH3 is 1. The van der Waals surface area contributed by atoms with Gasteiger partial charge in [-0.3, -0.25) is 14.9 Å². The van der Waals surface area contributed by atoms with Gasteiger partial charge < -0.3 is 14.8 Å². The number of rotatable bonds is 8. The van der Waals surface area contributed by atoms with Gasteiger partial charge in [0.2, 0.25) is 0 Å². The van der Waals surface area contributed by atoms with Gasteiger partial charge in [0.1, 0.15) is 0 Å². The van der Waals surface area contributed by atoms with E-state index in [9.17, 15) is 19.7 Å². The van der Waals surface area contributed by atoms with Crippen molar-refractivity contribution in [1.29, 1.82) is 0 Å². The number of carbonyl (C=O) groups excluding carboxylic acids is 2. The zero-order valence-corrected chi connectivity index (χ0v) is 17.3. The number of nitro groups is 1. The number of dihydropyridines is 1. The Morgan fingerprint density at radius 1 is 1.17 bits per heavy atom. The van der Waals surface area contributed by atoms with Crippen LogP contribution < -0.4 is 5.32 Å². The minimum atomic E-state index is -0.909. The first kappa shape index (κ1) is 22.3. The molecule has 156 valence electrons. The summed E-state index contributed by atoms with van der Waals surface area (Å²) in [5.74, 6) is -1.77. The van der Waals surface area contributed by atoms with Crippen LogP contribution in [0.2, 0.25) is 0 Å². The third-order valence-corrected chi connectivity index (χ3v) is 4.60. The highest BCUT2D eigenvalue weighted by Gasteiger charge is 2.39. The van der Waals surface area contributed by atoms with Crippen LogP contribution in [0.1, 0.15) is 45.6 Å². The first-order valence-electron chi connectivity index (χ1n) is 9.34. The summed E-state index contributed by atoms with van der Waals surface area (Å²) in [4.78, 5) is 37.1. The molecule has 2 rings (SSSR count). The lowest BCUT2D eigenvalue weighted by atomic mass is 9.77. The molecule has 0 saturated heterocycles. The third-order valence-electron chi connectivity index (χ3n) is 4.60. The molecule has 1 unspecified atom stereocenters. The van der Waals surface area contributed by atoms with Crippen molar-refractivity contribution in [3.8, 4) is 0 Å². The van der Waals surface area contributed by atoms with Gasteiger partial charge in [0, 0.05) is 42.1 Å². The van der Waals surface area contributed by atoms with E-state index in [1.807, 2.05) is 0 Å². The second-order valence-corrected chi connectivity index (χ2v) is 7.07. The van der Waals surface area contributed by atoms with Crippen molar-refractivity contribution in [3.63, 3.8) is 0 Å². The number of ketones is 1. The molecule has 1 N–H and O–H groups in total. The molecular formula is C21H26N2O6. The average molecular weight is 402 g/mol. The maximum atomic E-state index is 13.0. The lowest BCUT2D eigenvalue weighted by molar-refractivity contribution is -0.385. The molecular weight excluding hydrogens is 376 g/mol. The van der Waals surface area contributed by atoms with Gasteiger partial charge in [-0.25, -0.2) is 4.79 Å². The summed E-state index contributed by atoms with van der Waals surface area (Å²) in [6, 6.07) is 6.14. The maximum Gasteiger partial charge on any atom is 0.337 e. The first-order valence-corrected chi connectivity index (χ1v) is 9.34. The summed E-state index contributed by atoms with van der Waals surface area (Å²) in [7, 11) is 1.49. The molecule has 29 heavy (non-hydrogen) atoms. The summed E-state index contributed by atoms with van der Waals surface area (Å²) in [5, 5.41) is 14.7. The fourth-order valence-corrected chi connectivity index (χ4v) is 3.45. The number of hydrogen-bond acceptors (Lipinski definition) is 7. The van der Waals surface area contributed by atoms with Crippen LogP contribution in [0.4, 0.5) is 5.69 Å². The summed E-state index contributed by atoms with van der Waals surface area (Å²) in [5.41, 5.74) is 1.66. The second kappa shape index (κ2) is 9.47. The van der Waals surface area contributed by atoms with E-state index in [1.54, 1.807) is 45.9 Å². The summed E-state index contributed by atoms with van der Waals surface area (Å²) in [6.07, 6.45) is -0.290. The Kier molecular flexibility index (Phi) is 7.28. The maximum absolute atomic E-state index is 13.0. The van der Waals surface area contributed by atoms with Gasteiger partial charge in [0.25, 0.3) is 5.69 Å². The molecule has 1 aliphatic heterocycles. The molecule has 0 amide bonds. The molecule has 0 radical (unpaired) electrons. The van der Waals surface area contributed by atoms with E-state index in [4.69, 9.17) is 9.47 Å².